The Bertz CT molecular complexity index is 969. The van der Waals surface area contributed by atoms with Crippen molar-refractivity contribution in [1.29, 1.82) is 0 Å². The quantitative estimate of drug-likeness (QED) is 0.567. The highest BCUT2D eigenvalue weighted by molar-refractivity contribution is 7.89. The molecule has 2 rings (SSSR count). The predicted octanol–water partition coefficient (Wildman–Crippen LogP) is 4.46. The molecule has 1 aliphatic rings. The minimum Gasteiger partial charge on any atom is -0.426 e. The Morgan fingerprint density at radius 2 is 1.56 bits per heavy atom. The van der Waals surface area contributed by atoms with Crippen LogP contribution in [0.25, 0.3) is 0 Å². The summed E-state index contributed by atoms with van der Waals surface area (Å²) in [7, 11) is -4.51. The molecule has 0 radical (unpaired) electrons. The molecule has 0 saturated carbocycles. The van der Waals surface area contributed by atoms with Crippen molar-refractivity contribution < 1.29 is 61.9 Å². The number of likely N-dealkylation sites (tertiary alicyclic amines) is 1. The molecule has 34 heavy (non-hydrogen) atoms. The second-order valence-corrected chi connectivity index (χ2v) is 9.04. The van der Waals surface area contributed by atoms with E-state index in [1.165, 1.54) is 0 Å². The zero-order valence-corrected chi connectivity index (χ0v) is 17.5. The van der Waals surface area contributed by atoms with Crippen molar-refractivity contribution in [3.63, 3.8) is 0 Å². The van der Waals surface area contributed by atoms with Gasteiger partial charge in [0, 0.05) is 19.6 Å². The van der Waals surface area contributed by atoms with E-state index in [1.807, 2.05) is 4.72 Å². The topological polar surface area (TPSA) is 75.7 Å². The Kier molecular flexibility index (Phi) is 8.01. The number of nitrogens with one attached hydrogen (secondary N) is 1. The van der Waals surface area contributed by atoms with Gasteiger partial charge < -0.3 is 9.64 Å². The average Bonchev–Trinajstić information content (AvgIpc) is 2.68. The highest BCUT2D eigenvalue weighted by Crippen LogP contribution is 2.36. The molecule has 0 aliphatic carbocycles. The molecule has 1 saturated heterocycles. The zero-order chi connectivity index (χ0) is 26.1. The Balaban J connectivity index is 1.95. The molecule has 1 fully saturated rings. The third-order valence-electron chi connectivity index (χ3n) is 4.80. The van der Waals surface area contributed by atoms with Gasteiger partial charge in [0.1, 0.15) is 5.82 Å². The second-order valence-electron chi connectivity index (χ2n) is 7.27. The number of rotatable bonds is 5. The summed E-state index contributed by atoms with van der Waals surface area (Å²) in [6.45, 7) is -1.08. The van der Waals surface area contributed by atoms with Crippen molar-refractivity contribution in [3.8, 4) is 0 Å². The van der Waals surface area contributed by atoms with Gasteiger partial charge in [-0.15, -0.1) is 0 Å². The molecular formula is C17H16F10N2O4S. The number of halogens is 10. The maximum Gasteiger partial charge on any atom is 0.434 e. The van der Waals surface area contributed by atoms with Crippen molar-refractivity contribution in [3.05, 3.63) is 29.6 Å². The van der Waals surface area contributed by atoms with Crippen molar-refractivity contribution in [1.82, 2.24) is 9.62 Å². The summed E-state index contributed by atoms with van der Waals surface area (Å²) >= 11 is 0. The number of ether oxygens (including phenoxy) is 1. The molecule has 1 amide bonds. The van der Waals surface area contributed by atoms with Crippen molar-refractivity contribution in [2.24, 2.45) is 5.92 Å². The van der Waals surface area contributed by atoms with E-state index >= 15 is 0 Å². The molecule has 1 aromatic carbocycles. The standard InChI is InChI=1S/C17H16F10N2O4S/c18-12-2-1-10(7-11(12)15(19,20)21)34(31,32)28-8-9-3-5-29(6-4-9)14(30)33-13(16(22,23)24)17(25,26)27/h1-2,7,9,13,28H,3-6,8H2. The second kappa shape index (κ2) is 9.75. The predicted molar refractivity (Wildman–Crippen MR) is 93.3 cm³/mol. The van der Waals surface area contributed by atoms with Gasteiger partial charge in [-0.25, -0.2) is 22.3 Å². The van der Waals surface area contributed by atoms with E-state index in [-0.39, 0.29) is 38.5 Å². The number of carbonyl (C=O) groups is 1. The lowest BCUT2D eigenvalue weighted by Crippen LogP contribution is -2.49. The summed E-state index contributed by atoms with van der Waals surface area (Å²) in [5.74, 6) is -2.23. The van der Waals surface area contributed by atoms with Crippen LogP contribution in [0.4, 0.5) is 48.7 Å². The summed E-state index contributed by atoms with van der Waals surface area (Å²) in [4.78, 5) is 11.4. The molecule has 1 aliphatic heterocycles. The fraction of sp³-hybridized carbons (Fsp3) is 0.588. The van der Waals surface area contributed by atoms with Crippen LogP contribution in [0.5, 0.6) is 0 Å². The molecule has 6 nitrogen and oxygen atoms in total. The number of hydrogen-bond acceptors (Lipinski definition) is 4. The lowest BCUT2D eigenvalue weighted by Gasteiger charge is -2.33. The summed E-state index contributed by atoms with van der Waals surface area (Å²) in [6, 6.07) is 1.05. The van der Waals surface area contributed by atoms with Gasteiger partial charge in [-0.1, -0.05) is 0 Å². The summed E-state index contributed by atoms with van der Waals surface area (Å²) in [5, 5.41) is 0. The van der Waals surface area contributed by atoms with Crippen LogP contribution in [-0.2, 0) is 20.9 Å². The third-order valence-corrected chi connectivity index (χ3v) is 6.22. The van der Waals surface area contributed by atoms with Gasteiger partial charge in [-0.05, 0) is 37.0 Å². The fourth-order valence-corrected chi connectivity index (χ4v) is 4.16. The van der Waals surface area contributed by atoms with Crippen molar-refractivity contribution >= 4 is 16.1 Å². The van der Waals surface area contributed by atoms with E-state index in [9.17, 15) is 57.1 Å². The lowest BCUT2D eigenvalue weighted by molar-refractivity contribution is -0.308. The van der Waals surface area contributed by atoms with Gasteiger partial charge >= 0.3 is 24.6 Å². The molecule has 0 bridgehead atoms. The number of benzene rings is 1. The Hall–Kier alpha value is -2.30. The summed E-state index contributed by atoms with van der Waals surface area (Å²) in [6.07, 6.45) is -23.2. The van der Waals surface area contributed by atoms with Crippen LogP contribution in [0.3, 0.4) is 0 Å². The number of sulfonamides is 1. The lowest BCUT2D eigenvalue weighted by atomic mass is 9.97. The van der Waals surface area contributed by atoms with Crippen LogP contribution in [-0.4, -0.2) is 57.5 Å². The zero-order valence-electron chi connectivity index (χ0n) is 16.7. The SMILES string of the molecule is O=C(OC(C(F)(F)F)C(F)(F)F)N1CCC(CNS(=O)(=O)c2ccc(F)c(C(F)(F)F)c2)CC1. The van der Waals surface area contributed by atoms with Crippen LogP contribution in [0, 0.1) is 11.7 Å². The third kappa shape index (κ3) is 7.10. The highest BCUT2D eigenvalue weighted by Gasteiger charge is 2.60. The Labute approximate surface area is 185 Å². The molecule has 17 heteroatoms. The van der Waals surface area contributed by atoms with Crippen LogP contribution >= 0.6 is 0 Å². The number of hydrogen-bond donors (Lipinski definition) is 1. The maximum atomic E-state index is 13.3. The minimum absolute atomic E-state index is 0.0580. The van der Waals surface area contributed by atoms with Crippen LogP contribution in [0.2, 0.25) is 0 Å². The van der Waals surface area contributed by atoms with Gasteiger partial charge in [0.15, 0.2) is 0 Å². The monoisotopic (exact) mass is 534 g/mol. The van der Waals surface area contributed by atoms with Gasteiger partial charge in [0.2, 0.25) is 10.0 Å². The molecule has 1 N–H and O–H groups in total. The number of alkyl halides is 9. The molecule has 0 aromatic heterocycles. The van der Waals surface area contributed by atoms with Gasteiger partial charge in [-0.2, -0.15) is 39.5 Å². The number of amides is 1. The van der Waals surface area contributed by atoms with Gasteiger partial charge in [0.25, 0.3) is 6.10 Å². The molecule has 1 heterocycles. The van der Waals surface area contributed by atoms with E-state index < -0.39 is 62.9 Å². The van der Waals surface area contributed by atoms with E-state index in [2.05, 4.69) is 4.74 Å². The van der Waals surface area contributed by atoms with Crippen LogP contribution in [0.15, 0.2) is 23.1 Å². The summed E-state index contributed by atoms with van der Waals surface area (Å²) in [5.41, 5.74) is -1.79. The fourth-order valence-electron chi connectivity index (χ4n) is 3.01. The number of piperidine rings is 1. The maximum absolute atomic E-state index is 13.3. The molecule has 194 valence electrons. The largest absolute Gasteiger partial charge is 0.434 e. The minimum atomic E-state index is -5.88. The van der Waals surface area contributed by atoms with Crippen molar-refractivity contribution in [2.45, 2.75) is 42.4 Å². The highest BCUT2D eigenvalue weighted by atomic mass is 32.2. The van der Waals surface area contributed by atoms with Gasteiger partial charge in [-0.3, -0.25) is 0 Å². The van der Waals surface area contributed by atoms with Crippen LogP contribution in [0.1, 0.15) is 18.4 Å². The molecular weight excluding hydrogens is 518 g/mol. The number of carbonyl (C=O) groups excluding carboxylic acids is 1. The molecule has 1 aromatic rings. The van der Waals surface area contributed by atoms with E-state index in [4.69, 9.17) is 0 Å². The Morgan fingerprint density at radius 1 is 1.03 bits per heavy atom. The first-order chi connectivity index (χ1) is 15.3. The average molecular weight is 534 g/mol. The van der Waals surface area contributed by atoms with E-state index in [1.54, 1.807) is 0 Å². The number of nitrogens with zero attached hydrogens (tertiary/aromatic N) is 1. The Morgan fingerprint density at radius 3 is 2.03 bits per heavy atom. The van der Waals surface area contributed by atoms with Crippen LogP contribution < -0.4 is 4.72 Å². The smallest absolute Gasteiger partial charge is 0.426 e. The van der Waals surface area contributed by atoms with Crippen molar-refractivity contribution in [2.75, 3.05) is 19.6 Å². The molecule has 0 atom stereocenters. The van der Waals surface area contributed by atoms with E-state index in [0.29, 0.717) is 17.0 Å². The van der Waals surface area contributed by atoms with Gasteiger partial charge in [0.05, 0.1) is 10.5 Å². The first-order valence-corrected chi connectivity index (χ1v) is 10.8. The first-order valence-electron chi connectivity index (χ1n) is 9.28. The first kappa shape index (κ1) is 27.9. The van der Waals surface area contributed by atoms with E-state index in [0.717, 1.165) is 0 Å². The summed E-state index contributed by atoms with van der Waals surface area (Å²) < 4.78 is 157. The molecule has 0 spiro atoms. The molecule has 0 unspecified atom stereocenters. The normalized spacial score (nSPS) is 16.7.